The lowest BCUT2D eigenvalue weighted by molar-refractivity contribution is 0.0574. The zero-order valence-electron chi connectivity index (χ0n) is 19.0. The van der Waals surface area contributed by atoms with Gasteiger partial charge in [0.1, 0.15) is 35.8 Å². The first-order chi connectivity index (χ1) is 14.8. The molecule has 1 heterocycles. The van der Waals surface area contributed by atoms with Gasteiger partial charge in [0.15, 0.2) is 5.82 Å². The largest absolute Gasteiger partial charge is 0.506 e. The van der Waals surface area contributed by atoms with Crippen LogP contribution in [0.5, 0.6) is 5.75 Å². The zero-order valence-corrected chi connectivity index (χ0v) is 22.2. The fourth-order valence-electron chi connectivity index (χ4n) is 1.76. The molecule has 5 nitrogen and oxygen atoms in total. The summed E-state index contributed by atoms with van der Waals surface area (Å²) in [5, 5.41) is 17.7. The van der Waals surface area contributed by atoms with Gasteiger partial charge in [-0.1, -0.05) is 48.1 Å². The first-order valence-corrected chi connectivity index (χ1v) is 11.6. The summed E-state index contributed by atoms with van der Waals surface area (Å²) < 4.78 is 32.3. The summed E-state index contributed by atoms with van der Waals surface area (Å²) >= 11 is 6.48. The van der Waals surface area contributed by atoms with Gasteiger partial charge in [0, 0.05) is 11.6 Å². The van der Waals surface area contributed by atoms with Crippen molar-refractivity contribution >= 4 is 31.9 Å². The van der Waals surface area contributed by atoms with Crippen LogP contribution in [-0.4, -0.2) is 26.4 Å². The minimum Gasteiger partial charge on any atom is -0.506 e. The minimum atomic E-state index is -0.959. The van der Waals surface area contributed by atoms with E-state index >= 15 is 0 Å². The molecule has 0 aliphatic rings. The summed E-state index contributed by atoms with van der Waals surface area (Å²) in [4.78, 5) is 4.10. The Morgan fingerprint density at radius 1 is 1.10 bits per heavy atom. The van der Waals surface area contributed by atoms with Crippen molar-refractivity contribution < 1.29 is 18.6 Å². The molecular formula is C22H31Br2F2N3O2. The van der Waals surface area contributed by atoms with Gasteiger partial charge in [0.2, 0.25) is 0 Å². The molecule has 0 saturated heterocycles. The summed E-state index contributed by atoms with van der Waals surface area (Å²) in [5.41, 5.74) is 1.17. The fourth-order valence-corrected chi connectivity index (χ4v) is 2.94. The Morgan fingerprint density at radius 2 is 1.61 bits per heavy atom. The van der Waals surface area contributed by atoms with Gasteiger partial charge in [-0.15, -0.1) is 10.2 Å². The summed E-state index contributed by atoms with van der Waals surface area (Å²) in [6.07, 6.45) is 1.18. The Balaban J connectivity index is 0. The number of nitrogens with zero attached hydrogens (tertiary/aromatic N) is 3. The number of halogens is 4. The number of phenols is 1. The predicted molar refractivity (Wildman–Crippen MR) is 130 cm³/mol. The van der Waals surface area contributed by atoms with Gasteiger partial charge in [0.25, 0.3) is 0 Å². The summed E-state index contributed by atoms with van der Waals surface area (Å²) in [6, 6.07) is 3.35. The van der Waals surface area contributed by atoms with Crippen LogP contribution in [0.1, 0.15) is 54.3 Å². The van der Waals surface area contributed by atoms with Crippen LogP contribution in [0, 0.1) is 0 Å². The van der Waals surface area contributed by atoms with Crippen LogP contribution in [0.3, 0.4) is 0 Å². The lowest BCUT2D eigenvalue weighted by atomic mass is 10.1. The third-order valence-electron chi connectivity index (χ3n) is 3.07. The smallest absolute Gasteiger partial charge is 0.176 e. The molecule has 0 radical (unpaired) electrons. The SMILES string of the molecule is C=C(F)/C=C(/F)C(C)OCc1ncc(-c2cc(Br)c(O)c(Br)c2)nn1.CC.CC.CC. The maximum atomic E-state index is 13.5. The van der Waals surface area contributed by atoms with E-state index in [0.717, 1.165) is 0 Å². The second-order valence-corrected chi connectivity index (χ2v) is 6.69. The van der Waals surface area contributed by atoms with E-state index in [0.29, 0.717) is 26.3 Å². The van der Waals surface area contributed by atoms with E-state index < -0.39 is 17.8 Å². The summed E-state index contributed by atoms with van der Waals surface area (Å²) in [6.45, 7) is 16.3. The van der Waals surface area contributed by atoms with Crippen molar-refractivity contribution in [2.24, 2.45) is 0 Å². The summed E-state index contributed by atoms with van der Waals surface area (Å²) in [7, 11) is 0. The molecule has 2 rings (SSSR count). The van der Waals surface area contributed by atoms with Gasteiger partial charge < -0.3 is 9.84 Å². The van der Waals surface area contributed by atoms with Gasteiger partial charge in [-0.2, -0.15) is 0 Å². The summed E-state index contributed by atoms with van der Waals surface area (Å²) in [5.74, 6) is -1.34. The molecule has 9 heteroatoms. The predicted octanol–water partition coefficient (Wildman–Crippen LogP) is 8.09. The molecule has 0 amide bonds. The lowest BCUT2D eigenvalue weighted by Crippen LogP contribution is -2.11. The standard InChI is InChI=1S/C16H13Br2F2N3O2.3C2H6/c1-8(19)3-13(20)9(2)25-7-15-21-6-14(22-23-15)10-4-11(17)16(24)12(18)5-10;3*1-2/h3-6,9,24H,1,7H2,2H3;3*1-2H3/b13-3+;;;. The Labute approximate surface area is 200 Å². The van der Waals surface area contributed by atoms with Crippen molar-refractivity contribution in [2.45, 2.75) is 61.2 Å². The van der Waals surface area contributed by atoms with Gasteiger partial charge in [-0.3, -0.25) is 0 Å². The molecule has 1 aromatic carbocycles. The first kappa shape index (κ1) is 31.5. The molecule has 0 bridgehead atoms. The Kier molecular flexibility index (Phi) is 18.2. The number of rotatable bonds is 6. The number of aromatic nitrogens is 3. The van der Waals surface area contributed by atoms with Crippen molar-refractivity contribution in [1.29, 1.82) is 0 Å². The van der Waals surface area contributed by atoms with Crippen LogP contribution >= 0.6 is 31.9 Å². The zero-order chi connectivity index (χ0) is 24.6. The van der Waals surface area contributed by atoms with E-state index in [1.54, 1.807) is 12.1 Å². The van der Waals surface area contributed by atoms with E-state index in [-0.39, 0.29) is 18.2 Å². The number of aromatic hydroxyl groups is 1. The van der Waals surface area contributed by atoms with Crippen LogP contribution in [0.2, 0.25) is 0 Å². The first-order valence-electron chi connectivity index (χ1n) is 9.98. The van der Waals surface area contributed by atoms with E-state index in [1.807, 2.05) is 41.5 Å². The molecule has 0 spiro atoms. The topological polar surface area (TPSA) is 68.1 Å². The van der Waals surface area contributed by atoms with Crippen LogP contribution in [0.4, 0.5) is 8.78 Å². The second-order valence-electron chi connectivity index (χ2n) is 4.98. The fraction of sp³-hybridized carbons (Fsp3) is 0.409. The van der Waals surface area contributed by atoms with Gasteiger partial charge >= 0.3 is 0 Å². The molecule has 1 unspecified atom stereocenters. The second kappa shape index (κ2) is 17.9. The highest BCUT2D eigenvalue weighted by atomic mass is 79.9. The maximum Gasteiger partial charge on any atom is 0.176 e. The number of hydrogen-bond acceptors (Lipinski definition) is 5. The molecule has 174 valence electrons. The number of hydrogen-bond donors (Lipinski definition) is 1. The Bertz CT molecular complexity index is 794. The molecule has 1 N–H and O–H groups in total. The van der Waals surface area contributed by atoms with Crippen LogP contribution in [-0.2, 0) is 11.3 Å². The van der Waals surface area contributed by atoms with Gasteiger partial charge in [-0.05, 0) is 50.9 Å². The molecule has 1 aromatic heterocycles. The number of ether oxygens (including phenoxy) is 1. The van der Waals surface area contributed by atoms with Crippen LogP contribution in [0.25, 0.3) is 11.3 Å². The molecule has 0 aliphatic carbocycles. The van der Waals surface area contributed by atoms with Crippen molar-refractivity contribution in [3.63, 3.8) is 0 Å². The Hall–Kier alpha value is -1.71. The number of allylic oxidation sites excluding steroid dienone is 2. The van der Waals surface area contributed by atoms with Crippen LogP contribution in [0.15, 0.2) is 51.6 Å². The van der Waals surface area contributed by atoms with Crippen molar-refractivity contribution in [3.8, 4) is 17.0 Å². The van der Waals surface area contributed by atoms with Crippen molar-refractivity contribution in [3.05, 3.63) is 57.4 Å². The lowest BCUT2D eigenvalue weighted by Gasteiger charge is -2.10. The van der Waals surface area contributed by atoms with Crippen molar-refractivity contribution in [2.75, 3.05) is 0 Å². The quantitative estimate of drug-likeness (QED) is 0.358. The van der Waals surface area contributed by atoms with E-state index in [9.17, 15) is 13.9 Å². The normalized spacial score (nSPS) is 11.0. The third-order valence-corrected chi connectivity index (χ3v) is 4.28. The molecule has 0 fully saturated rings. The molecular weight excluding hydrogens is 536 g/mol. The van der Waals surface area contributed by atoms with Gasteiger partial charge in [-0.25, -0.2) is 13.8 Å². The van der Waals surface area contributed by atoms with E-state index in [1.165, 1.54) is 13.1 Å². The average molecular weight is 567 g/mol. The molecule has 0 saturated carbocycles. The monoisotopic (exact) mass is 565 g/mol. The third kappa shape index (κ3) is 11.5. The Morgan fingerprint density at radius 3 is 2.03 bits per heavy atom. The maximum absolute atomic E-state index is 13.5. The molecule has 2 aromatic rings. The number of benzene rings is 1. The van der Waals surface area contributed by atoms with Crippen LogP contribution < -0.4 is 0 Å². The van der Waals surface area contributed by atoms with E-state index in [4.69, 9.17) is 4.74 Å². The highest BCUT2D eigenvalue weighted by Crippen LogP contribution is 2.36. The molecule has 0 aliphatic heterocycles. The molecule has 1 atom stereocenters. The molecule has 31 heavy (non-hydrogen) atoms. The minimum absolute atomic E-state index is 0.0784. The highest BCUT2D eigenvalue weighted by molar-refractivity contribution is 9.11. The number of phenolic OH excluding ortho intramolecular Hbond substituents is 1. The van der Waals surface area contributed by atoms with Crippen molar-refractivity contribution in [1.82, 2.24) is 15.2 Å². The average Bonchev–Trinajstić information content (AvgIpc) is 2.79. The highest BCUT2D eigenvalue weighted by Gasteiger charge is 2.12. The van der Waals surface area contributed by atoms with Gasteiger partial charge in [0.05, 0.1) is 15.1 Å². The van der Waals surface area contributed by atoms with E-state index in [2.05, 4.69) is 53.6 Å².